The summed E-state index contributed by atoms with van der Waals surface area (Å²) in [6.07, 6.45) is 5.99. The Hall–Kier alpha value is -1.04. The van der Waals surface area contributed by atoms with Crippen molar-refractivity contribution in [3.63, 3.8) is 0 Å². The van der Waals surface area contributed by atoms with Crippen molar-refractivity contribution in [2.75, 3.05) is 0 Å². The number of hydrogen-bond donors (Lipinski definition) is 0. The molecule has 0 saturated carbocycles. The summed E-state index contributed by atoms with van der Waals surface area (Å²) in [5, 5.41) is 0. The van der Waals surface area contributed by atoms with Gasteiger partial charge in [0.05, 0.1) is 0 Å². The third-order valence-corrected chi connectivity index (χ3v) is 3.05. The Labute approximate surface area is 86.7 Å². The summed E-state index contributed by atoms with van der Waals surface area (Å²) in [6, 6.07) is 4.57. The molecule has 2 rings (SSSR count). The second-order valence-electron chi connectivity index (χ2n) is 4.35. The molecule has 0 heteroatoms. The van der Waals surface area contributed by atoms with Crippen LogP contribution in [0.4, 0.5) is 0 Å². The summed E-state index contributed by atoms with van der Waals surface area (Å²) in [5.41, 5.74) is 7.57. The fourth-order valence-corrected chi connectivity index (χ4v) is 2.30. The number of benzene rings is 1. The van der Waals surface area contributed by atoms with Crippen molar-refractivity contribution >= 4 is 6.08 Å². The third kappa shape index (κ3) is 1.50. The van der Waals surface area contributed by atoms with Gasteiger partial charge in [-0.2, -0.15) is 0 Å². The summed E-state index contributed by atoms with van der Waals surface area (Å²) in [6.45, 7) is 6.70. The highest BCUT2D eigenvalue weighted by Gasteiger charge is 2.14. The highest BCUT2D eigenvalue weighted by Crippen LogP contribution is 2.30. The van der Waals surface area contributed by atoms with E-state index in [9.17, 15) is 0 Å². The molecule has 0 nitrogen and oxygen atoms in total. The first-order valence-corrected chi connectivity index (χ1v) is 5.51. The maximum absolute atomic E-state index is 2.37. The first-order chi connectivity index (χ1) is 6.72. The van der Waals surface area contributed by atoms with Gasteiger partial charge in [-0.25, -0.2) is 0 Å². The predicted molar refractivity (Wildman–Crippen MR) is 62.5 cm³/mol. The van der Waals surface area contributed by atoms with Crippen LogP contribution in [0.5, 0.6) is 0 Å². The van der Waals surface area contributed by atoms with Crippen LogP contribution in [0.2, 0.25) is 0 Å². The molecule has 0 spiro atoms. The molecule has 0 saturated heterocycles. The quantitative estimate of drug-likeness (QED) is 0.657. The van der Waals surface area contributed by atoms with Crippen molar-refractivity contribution in [3.8, 4) is 0 Å². The van der Waals surface area contributed by atoms with E-state index in [0.29, 0.717) is 0 Å². The molecule has 0 heterocycles. The Morgan fingerprint density at radius 3 is 2.71 bits per heavy atom. The van der Waals surface area contributed by atoms with Gasteiger partial charge in [-0.05, 0) is 48.9 Å². The van der Waals surface area contributed by atoms with Crippen LogP contribution in [0.15, 0.2) is 17.7 Å². The molecule has 0 unspecified atom stereocenters. The van der Waals surface area contributed by atoms with Gasteiger partial charge in [0, 0.05) is 0 Å². The molecule has 0 aliphatic heterocycles. The van der Waals surface area contributed by atoms with Crippen LogP contribution in [0.1, 0.15) is 42.5 Å². The summed E-state index contributed by atoms with van der Waals surface area (Å²) >= 11 is 0. The fraction of sp³-hybridized carbons (Fsp3) is 0.429. The van der Waals surface area contributed by atoms with E-state index in [1.54, 1.807) is 5.56 Å². The molecule has 0 fully saturated rings. The number of allylic oxidation sites excluding steroid dienone is 1. The van der Waals surface area contributed by atoms with Crippen LogP contribution in [0, 0.1) is 6.92 Å². The van der Waals surface area contributed by atoms with E-state index < -0.39 is 0 Å². The maximum atomic E-state index is 2.37. The first-order valence-electron chi connectivity index (χ1n) is 5.51. The zero-order valence-electron chi connectivity index (χ0n) is 9.35. The van der Waals surface area contributed by atoms with Crippen LogP contribution in [0.3, 0.4) is 0 Å². The van der Waals surface area contributed by atoms with Crippen molar-refractivity contribution in [3.05, 3.63) is 40.0 Å². The highest BCUT2D eigenvalue weighted by molar-refractivity contribution is 5.68. The van der Waals surface area contributed by atoms with Gasteiger partial charge in [-0.3, -0.25) is 0 Å². The number of hydrogen-bond acceptors (Lipinski definition) is 0. The molecular weight excluding hydrogens is 168 g/mol. The number of aryl methyl sites for hydroxylation is 2. The summed E-state index contributed by atoms with van der Waals surface area (Å²) < 4.78 is 0. The smallest absolute Gasteiger partial charge is 0.00579 e. The maximum Gasteiger partial charge on any atom is -0.00579 e. The van der Waals surface area contributed by atoms with Gasteiger partial charge in [0.2, 0.25) is 0 Å². The normalized spacial score (nSPS) is 14.1. The van der Waals surface area contributed by atoms with Crippen molar-refractivity contribution in [1.29, 1.82) is 0 Å². The van der Waals surface area contributed by atoms with Crippen molar-refractivity contribution in [1.82, 2.24) is 0 Å². The molecule has 1 aromatic rings. The lowest BCUT2D eigenvalue weighted by Crippen LogP contribution is -1.94. The van der Waals surface area contributed by atoms with Crippen molar-refractivity contribution in [2.24, 2.45) is 0 Å². The van der Waals surface area contributed by atoms with E-state index in [1.165, 1.54) is 41.5 Å². The molecule has 1 aliphatic rings. The Balaban J connectivity index is 2.50. The molecule has 1 aromatic carbocycles. The molecule has 0 radical (unpaired) electrons. The van der Waals surface area contributed by atoms with Crippen LogP contribution in [-0.4, -0.2) is 0 Å². The SMILES string of the molecule is CCCc1ccc(C)c2c1C=C(C)C2. The third-order valence-electron chi connectivity index (χ3n) is 3.05. The molecule has 74 valence electrons. The van der Waals surface area contributed by atoms with E-state index in [4.69, 9.17) is 0 Å². The summed E-state index contributed by atoms with van der Waals surface area (Å²) in [7, 11) is 0. The monoisotopic (exact) mass is 186 g/mol. The molecule has 0 bridgehead atoms. The summed E-state index contributed by atoms with van der Waals surface area (Å²) in [5.74, 6) is 0. The Kier molecular flexibility index (Phi) is 2.45. The van der Waals surface area contributed by atoms with Crippen LogP contribution in [-0.2, 0) is 12.8 Å². The molecule has 1 aliphatic carbocycles. The zero-order valence-corrected chi connectivity index (χ0v) is 9.35. The standard InChI is InChI=1S/C14H18/c1-4-5-12-7-6-11(3)13-8-10(2)9-14(12)13/h6-7,9H,4-5,8H2,1-3H3. The average Bonchev–Trinajstić information content (AvgIpc) is 2.53. The van der Waals surface area contributed by atoms with E-state index in [0.717, 1.165) is 0 Å². The molecule has 0 amide bonds. The van der Waals surface area contributed by atoms with Crippen LogP contribution < -0.4 is 0 Å². The van der Waals surface area contributed by atoms with E-state index in [2.05, 4.69) is 39.0 Å². The van der Waals surface area contributed by atoms with Gasteiger partial charge < -0.3 is 0 Å². The molecule has 0 N–H and O–H groups in total. The van der Waals surface area contributed by atoms with Crippen LogP contribution >= 0.6 is 0 Å². The number of rotatable bonds is 2. The van der Waals surface area contributed by atoms with Gasteiger partial charge in [-0.1, -0.05) is 37.1 Å². The minimum absolute atomic E-state index is 1.17. The highest BCUT2D eigenvalue weighted by atomic mass is 14.2. The Morgan fingerprint density at radius 1 is 1.21 bits per heavy atom. The topological polar surface area (TPSA) is 0 Å². The second-order valence-corrected chi connectivity index (χ2v) is 4.35. The van der Waals surface area contributed by atoms with Crippen LogP contribution in [0.25, 0.3) is 6.08 Å². The minimum Gasteiger partial charge on any atom is -0.0683 e. The zero-order chi connectivity index (χ0) is 10.1. The average molecular weight is 186 g/mol. The largest absolute Gasteiger partial charge is 0.0683 e. The lowest BCUT2D eigenvalue weighted by atomic mass is 9.96. The van der Waals surface area contributed by atoms with Gasteiger partial charge >= 0.3 is 0 Å². The van der Waals surface area contributed by atoms with E-state index >= 15 is 0 Å². The van der Waals surface area contributed by atoms with Crippen molar-refractivity contribution in [2.45, 2.75) is 40.0 Å². The molecule has 0 atom stereocenters. The number of fused-ring (bicyclic) bond motifs is 1. The first kappa shape index (κ1) is 9.51. The van der Waals surface area contributed by atoms with Gasteiger partial charge in [0.15, 0.2) is 0 Å². The Morgan fingerprint density at radius 2 is 2.00 bits per heavy atom. The second kappa shape index (κ2) is 3.61. The predicted octanol–water partition coefficient (Wildman–Crippen LogP) is 3.91. The van der Waals surface area contributed by atoms with E-state index in [1.807, 2.05) is 0 Å². The fourth-order valence-electron chi connectivity index (χ4n) is 2.30. The lowest BCUT2D eigenvalue weighted by Gasteiger charge is -2.09. The lowest BCUT2D eigenvalue weighted by molar-refractivity contribution is 0.916. The Bertz CT molecular complexity index is 383. The van der Waals surface area contributed by atoms with Gasteiger partial charge in [-0.15, -0.1) is 0 Å². The molecule has 0 aromatic heterocycles. The molecular formula is C14H18. The summed E-state index contributed by atoms with van der Waals surface area (Å²) in [4.78, 5) is 0. The van der Waals surface area contributed by atoms with Gasteiger partial charge in [0.1, 0.15) is 0 Å². The van der Waals surface area contributed by atoms with Gasteiger partial charge in [0.25, 0.3) is 0 Å². The van der Waals surface area contributed by atoms with E-state index in [-0.39, 0.29) is 0 Å². The minimum atomic E-state index is 1.17. The molecule has 14 heavy (non-hydrogen) atoms. The van der Waals surface area contributed by atoms with Crippen molar-refractivity contribution < 1.29 is 0 Å².